The molecule has 1 N–H and O–H groups in total. The van der Waals surface area contributed by atoms with Crippen LogP contribution in [-0.4, -0.2) is 120 Å². The van der Waals surface area contributed by atoms with Crippen molar-refractivity contribution in [3.63, 3.8) is 0 Å². The fraction of sp³-hybridized carbons (Fsp3) is 0.500. The number of hydrogen-bond acceptors (Lipinski definition) is 7. The van der Waals surface area contributed by atoms with Crippen molar-refractivity contribution in [1.82, 2.24) is 14.7 Å². The van der Waals surface area contributed by atoms with E-state index >= 15 is 0 Å². The first-order valence-corrected chi connectivity index (χ1v) is 17.1. The highest BCUT2D eigenvalue weighted by atomic mass is 16.5. The summed E-state index contributed by atoms with van der Waals surface area (Å²) in [6, 6.07) is 17.3. The summed E-state index contributed by atoms with van der Waals surface area (Å²) in [6.07, 6.45) is 4.72. The van der Waals surface area contributed by atoms with Crippen LogP contribution in [0.4, 0.5) is 5.69 Å². The highest BCUT2D eigenvalue weighted by molar-refractivity contribution is 6.03. The Labute approximate surface area is 283 Å². The molecule has 6 atom stereocenters. The zero-order valence-corrected chi connectivity index (χ0v) is 27.9. The third-order valence-corrected chi connectivity index (χ3v) is 10.7. The van der Waals surface area contributed by atoms with Gasteiger partial charge in [0.25, 0.3) is 0 Å². The number of hydrogen-bond donors (Lipinski definition) is 1. The lowest BCUT2D eigenvalue weighted by Crippen LogP contribution is -2.60. The van der Waals surface area contributed by atoms with E-state index in [0.717, 1.165) is 18.7 Å². The molecule has 0 aromatic heterocycles. The number of aliphatic hydroxyl groups excluding tert-OH is 1. The Hall–Kier alpha value is -3.83. The number of rotatable bonds is 14. The topological polar surface area (TPSA) is 103 Å². The van der Waals surface area contributed by atoms with E-state index in [9.17, 15) is 19.5 Å². The molecule has 4 aliphatic heterocycles. The Balaban J connectivity index is 1.40. The summed E-state index contributed by atoms with van der Waals surface area (Å²) in [7, 11) is 0. The third-order valence-electron chi connectivity index (χ3n) is 10.7. The first-order chi connectivity index (χ1) is 23.3. The van der Waals surface area contributed by atoms with Crippen LogP contribution in [0.5, 0.6) is 0 Å². The van der Waals surface area contributed by atoms with Crippen LogP contribution in [0.15, 0.2) is 86.0 Å². The number of carbonyl (C=O) groups is 3. The predicted octanol–water partition coefficient (Wildman–Crippen LogP) is 2.92. The summed E-state index contributed by atoms with van der Waals surface area (Å²) in [6.45, 7) is 13.9. The van der Waals surface area contributed by atoms with Crippen LogP contribution in [0.25, 0.3) is 0 Å². The van der Waals surface area contributed by atoms with Gasteiger partial charge in [0.2, 0.25) is 17.7 Å². The maximum Gasteiger partial charge on any atom is 0.248 e. The standard InChI is InChI=1S/C38H48N4O6/c1-4-18-40(21-20-39-22-24-47-25-23-39)36(46)33-38-17-16-37(3,48-38)31(34(44)41(19-5-2)29-14-10-7-11-15-29)32(38)35(45)42(33)30(27-43)26-28-12-8-6-9-13-28/h4-15,30-33,43H,1-2,16-27H2,3H3/t30-,31-,32+,33?,37+,38?/m1/s1. The Morgan fingerprint density at radius 2 is 1.67 bits per heavy atom. The lowest BCUT2D eigenvalue weighted by atomic mass is 9.66. The molecule has 0 radical (unpaired) electrons. The number of anilines is 1. The Bertz CT molecular complexity index is 1480. The second-order valence-corrected chi connectivity index (χ2v) is 13.6. The van der Waals surface area contributed by atoms with Crippen molar-refractivity contribution in [3.05, 3.63) is 91.5 Å². The fourth-order valence-corrected chi connectivity index (χ4v) is 8.48. The van der Waals surface area contributed by atoms with Gasteiger partial charge in [-0.1, -0.05) is 60.7 Å². The number of carbonyl (C=O) groups excluding carboxylic acids is 3. The van der Waals surface area contributed by atoms with Crippen molar-refractivity contribution in [2.75, 3.05) is 64.0 Å². The maximum absolute atomic E-state index is 15.0. The van der Waals surface area contributed by atoms with E-state index in [1.54, 1.807) is 26.9 Å². The molecule has 4 saturated heterocycles. The zero-order valence-electron chi connectivity index (χ0n) is 27.9. The summed E-state index contributed by atoms with van der Waals surface area (Å²) < 4.78 is 12.5. The molecular formula is C38H48N4O6. The number of ether oxygens (including phenoxy) is 2. The molecule has 3 amide bonds. The number of morpholine rings is 1. The normalized spacial score (nSPS) is 28.6. The van der Waals surface area contributed by atoms with E-state index in [4.69, 9.17) is 9.47 Å². The molecule has 10 nitrogen and oxygen atoms in total. The molecular weight excluding hydrogens is 608 g/mol. The molecule has 256 valence electrons. The number of aliphatic hydroxyl groups is 1. The van der Waals surface area contributed by atoms with Crippen LogP contribution in [0.1, 0.15) is 25.3 Å². The number of nitrogens with zero attached hydrogens (tertiary/aromatic N) is 4. The second kappa shape index (κ2) is 14.3. The molecule has 4 heterocycles. The zero-order chi connectivity index (χ0) is 33.9. The van der Waals surface area contributed by atoms with Gasteiger partial charge in [-0.2, -0.15) is 0 Å². The summed E-state index contributed by atoms with van der Waals surface area (Å²) in [5.41, 5.74) is -0.522. The molecule has 6 rings (SSSR count). The van der Waals surface area contributed by atoms with Crippen LogP contribution in [0.3, 0.4) is 0 Å². The van der Waals surface area contributed by atoms with E-state index in [-0.39, 0.29) is 30.9 Å². The van der Waals surface area contributed by atoms with Gasteiger partial charge in [-0.05, 0) is 43.9 Å². The minimum atomic E-state index is -1.22. The number of benzene rings is 2. The highest BCUT2D eigenvalue weighted by Gasteiger charge is 2.79. The van der Waals surface area contributed by atoms with Gasteiger partial charge in [-0.3, -0.25) is 19.3 Å². The molecule has 0 aliphatic carbocycles. The van der Waals surface area contributed by atoms with Gasteiger partial charge in [0, 0.05) is 45.0 Å². The number of amides is 3. The van der Waals surface area contributed by atoms with Crippen molar-refractivity contribution >= 4 is 23.4 Å². The third kappa shape index (κ3) is 6.11. The van der Waals surface area contributed by atoms with Gasteiger partial charge >= 0.3 is 0 Å². The van der Waals surface area contributed by atoms with Crippen molar-refractivity contribution in [2.45, 2.75) is 49.5 Å². The quantitative estimate of drug-likeness (QED) is 0.312. The molecule has 2 aromatic carbocycles. The van der Waals surface area contributed by atoms with Crippen LogP contribution >= 0.6 is 0 Å². The molecule has 4 aliphatic rings. The van der Waals surface area contributed by atoms with E-state index in [1.165, 1.54) is 0 Å². The summed E-state index contributed by atoms with van der Waals surface area (Å²) in [5.74, 6) is -2.49. The first kappa shape index (κ1) is 34.0. The average molecular weight is 657 g/mol. The smallest absolute Gasteiger partial charge is 0.248 e. The van der Waals surface area contributed by atoms with Crippen LogP contribution in [0.2, 0.25) is 0 Å². The average Bonchev–Trinajstić information content (AvgIpc) is 3.69. The van der Waals surface area contributed by atoms with Gasteiger partial charge in [0.05, 0.1) is 43.3 Å². The molecule has 4 fully saturated rings. The van der Waals surface area contributed by atoms with Crippen LogP contribution in [-0.2, 0) is 30.3 Å². The number of para-hydroxylation sites is 1. The molecule has 48 heavy (non-hydrogen) atoms. The van der Waals surface area contributed by atoms with E-state index in [0.29, 0.717) is 57.8 Å². The molecule has 10 heteroatoms. The SMILES string of the molecule is C=CCN(CCN1CCOCC1)C(=O)C1N([C@@H](CO)Cc2ccccc2)C(=O)[C@@H]2[C@H](C(=O)N(CC=C)c3ccccc3)[C@]3(C)CCC12O3. The lowest BCUT2D eigenvalue weighted by molar-refractivity contribution is -0.154. The number of fused-ring (bicyclic) bond motifs is 1. The monoisotopic (exact) mass is 656 g/mol. The van der Waals surface area contributed by atoms with Crippen molar-refractivity contribution in [2.24, 2.45) is 11.8 Å². The molecule has 2 aromatic rings. The predicted molar refractivity (Wildman–Crippen MR) is 183 cm³/mol. The summed E-state index contributed by atoms with van der Waals surface area (Å²) >= 11 is 0. The van der Waals surface area contributed by atoms with Crippen molar-refractivity contribution < 1.29 is 29.0 Å². The second-order valence-electron chi connectivity index (χ2n) is 13.6. The van der Waals surface area contributed by atoms with E-state index in [1.807, 2.05) is 67.6 Å². The van der Waals surface area contributed by atoms with Crippen LogP contribution in [0, 0.1) is 11.8 Å². The van der Waals surface area contributed by atoms with Crippen molar-refractivity contribution in [3.8, 4) is 0 Å². The van der Waals surface area contributed by atoms with E-state index < -0.39 is 35.1 Å². The first-order valence-electron chi connectivity index (χ1n) is 17.1. The molecule has 2 bridgehead atoms. The van der Waals surface area contributed by atoms with Crippen molar-refractivity contribution in [1.29, 1.82) is 0 Å². The van der Waals surface area contributed by atoms with Gasteiger partial charge in [-0.15, -0.1) is 13.2 Å². The van der Waals surface area contributed by atoms with Gasteiger partial charge in [-0.25, -0.2) is 0 Å². The molecule has 0 saturated carbocycles. The van der Waals surface area contributed by atoms with Gasteiger partial charge in [0.15, 0.2) is 0 Å². The number of likely N-dealkylation sites (tertiary alicyclic amines) is 1. The summed E-state index contributed by atoms with van der Waals surface area (Å²) in [5, 5.41) is 10.9. The largest absolute Gasteiger partial charge is 0.394 e. The minimum absolute atomic E-state index is 0.226. The van der Waals surface area contributed by atoms with Gasteiger partial charge in [0.1, 0.15) is 11.6 Å². The summed E-state index contributed by atoms with van der Waals surface area (Å²) in [4.78, 5) is 51.9. The van der Waals surface area contributed by atoms with E-state index in [2.05, 4.69) is 18.1 Å². The van der Waals surface area contributed by atoms with Crippen LogP contribution < -0.4 is 4.90 Å². The molecule has 1 spiro atoms. The van der Waals surface area contributed by atoms with Gasteiger partial charge < -0.3 is 29.3 Å². The Morgan fingerprint density at radius 3 is 2.31 bits per heavy atom. The molecule has 2 unspecified atom stereocenters. The fourth-order valence-electron chi connectivity index (χ4n) is 8.48. The Morgan fingerprint density at radius 1 is 1.00 bits per heavy atom. The minimum Gasteiger partial charge on any atom is -0.394 e. The lowest BCUT2D eigenvalue weighted by Gasteiger charge is -2.40. The maximum atomic E-state index is 15.0. The Kier molecular flexibility index (Phi) is 10.2. The highest BCUT2D eigenvalue weighted by Crippen LogP contribution is 2.64.